The predicted octanol–water partition coefficient (Wildman–Crippen LogP) is 4.59. The molecule has 30 heavy (non-hydrogen) atoms. The maximum Gasteiger partial charge on any atom is 0.392 e. The minimum absolute atomic E-state index is 0.128. The zero-order valence-corrected chi connectivity index (χ0v) is 16.6. The van der Waals surface area contributed by atoms with Crippen molar-refractivity contribution in [2.45, 2.75) is 30.5 Å². The van der Waals surface area contributed by atoms with Crippen molar-refractivity contribution in [1.29, 1.82) is 0 Å². The van der Waals surface area contributed by atoms with E-state index in [4.69, 9.17) is 9.47 Å². The summed E-state index contributed by atoms with van der Waals surface area (Å²) in [6.45, 7) is 1.46. The average Bonchev–Trinajstić information content (AvgIpc) is 2.93. The zero-order chi connectivity index (χ0) is 22.3. The predicted molar refractivity (Wildman–Crippen MR) is 99.3 cm³/mol. The summed E-state index contributed by atoms with van der Waals surface area (Å²) >= 11 is 0. The smallest absolute Gasteiger partial charge is 0.392 e. The first-order valence-electron chi connectivity index (χ1n) is 8.61. The van der Waals surface area contributed by atoms with Crippen molar-refractivity contribution in [2.24, 2.45) is 0 Å². The summed E-state index contributed by atoms with van der Waals surface area (Å²) in [5, 5.41) is 0. The van der Waals surface area contributed by atoms with E-state index in [1.165, 1.54) is 31.2 Å². The lowest BCUT2D eigenvalue weighted by Crippen LogP contribution is -2.19. The van der Waals surface area contributed by atoms with Crippen molar-refractivity contribution in [2.75, 3.05) is 6.26 Å². The molecule has 0 spiro atoms. The van der Waals surface area contributed by atoms with Crippen molar-refractivity contribution in [3.63, 3.8) is 0 Å². The summed E-state index contributed by atoms with van der Waals surface area (Å²) < 4.78 is 85.9. The van der Waals surface area contributed by atoms with Gasteiger partial charge in [-0.05, 0) is 60.5 Å². The number of alkyl halides is 3. The number of aryl methyl sites for hydroxylation is 1. The number of rotatable bonds is 5. The van der Waals surface area contributed by atoms with Gasteiger partial charge < -0.3 is 9.47 Å². The Morgan fingerprint density at radius 3 is 2.33 bits per heavy atom. The van der Waals surface area contributed by atoms with Crippen LogP contribution in [-0.4, -0.2) is 32.9 Å². The minimum atomic E-state index is -4.52. The molecule has 5 nitrogen and oxygen atoms in total. The molecule has 0 aliphatic carbocycles. The number of carbonyl (C=O) groups excluding carboxylic acids is 1. The number of cyclic esters (lactones) is 1. The molecule has 1 aliphatic heterocycles. The second-order valence-corrected chi connectivity index (χ2v) is 8.74. The van der Waals surface area contributed by atoms with Crippen molar-refractivity contribution in [3.05, 3.63) is 59.4 Å². The van der Waals surface area contributed by atoms with E-state index in [0.29, 0.717) is 0 Å². The third-order valence-corrected chi connectivity index (χ3v) is 5.49. The van der Waals surface area contributed by atoms with Crippen LogP contribution in [0.15, 0.2) is 47.4 Å². The average molecular weight is 444 g/mol. The van der Waals surface area contributed by atoms with E-state index >= 15 is 0 Å². The third kappa shape index (κ3) is 4.99. The Kier molecular flexibility index (Phi) is 5.64. The first-order valence-corrected chi connectivity index (χ1v) is 10.5. The SMILES string of the molecule is Cc1cc(C2=C[C@@H](CC(F)(F)F)OC2=O)cc(Oc2ccc(F)cc2)c1S(C)(=O)=O. The van der Waals surface area contributed by atoms with E-state index < -0.39 is 40.3 Å². The summed E-state index contributed by atoms with van der Waals surface area (Å²) in [6.07, 6.45) is -5.31. The van der Waals surface area contributed by atoms with Gasteiger partial charge >= 0.3 is 12.1 Å². The fraction of sp³-hybridized carbons (Fsp3) is 0.250. The van der Waals surface area contributed by atoms with Crippen LogP contribution < -0.4 is 4.74 Å². The Hall–Kier alpha value is -2.88. The van der Waals surface area contributed by atoms with Gasteiger partial charge in [-0.2, -0.15) is 13.2 Å². The molecule has 0 N–H and O–H groups in total. The van der Waals surface area contributed by atoms with Crippen LogP contribution >= 0.6 is 0 Å². The molecule has 0 bridgehead atoms. The van der Waals surface area contributed by atoms with Gasteiger partial charge in [0.2, 0.25) is 0 Å². The molecule has 0 saturated carbocycles. The van der Waals surface area contributed by atoms with Crippen LogP contribution in [0.4, 0.5) is 17.6 Å². The number of sulfone groups is 1. The molecule has 0 aromatic heterocycles. The van der Waals surface area contributed by atoms with Crippen molar-refractivity contribution in [1.82, 2.24) is 0 Å². The van der Waals surface area contributed by atoms with Crippen molar-refractivity contribution < 1.29 is 40.2 Å². The van der Waals surface area contributed by atoms with E-state index in [-0.39, 0.29) is 33.1 Å². The van der Waals surface area contributed by atoms with E-state index in [2.05, 4.69) is 0 Å². The quantitative estimate of drug-likeness (QED) is 0.498. The summed E-state index contributed by atoms with van der Waals surface area (Å²) in [5.41, 5.74) is 0.239. The fourth-order valence-electron chi connectivity index (χ4n) is 3.11. The van der Waals surface area contributed by atoms with Gasteiger partial charge in [-0.3, -0.25) is 0 Å². The molecule has 0 fully saturated rings. The molecular weight excluding hydrogens is 428 g/mol. The number of halogens is 4. The molecule has 0 radical (unpaired) electrons. The molecule has 1 heterocycles. The van der Waals surface area contributed by atoms with Crippen LogP contribution in [0.1, 0.15) is 17.5 Å². The van der Waals surface area contributed by atoms with Gasteiger partial charge in [0.15, 0.2) is 9.84 Å². The molecular formula is C20H16F4O5S. The number of benzene rings is 2. The zero-order valence-electron chi connectivity index (χ0n) is 15.8. The lowest BCUT2D eigenvalue weighted by molar-refractivity contribution is -0.160. The van der Waals surface area contributed by atoms with Gasteiger partial charge in [-0.15, -0.1) is 0 Å². The first kappa shape index (κ1) is 21.8. The highest BCUT2D eigenvalue weighted by Crippen LogP contribution is 2.37. The van der Waals surface area contributed by atoms with Crippen LogP contribution in [0.2, 0.25) is 0 Å². The highest BCUT2D eigenvalue weighted by Gasteiger charge is 2.37. The van der Waals surface area contributed by atoms with Crippen LogP contribution in [0.25, 0.3) is 5.57 Å². The topological polar surface area (TPSA) is 69.7 Å². The summed E-state index contributed by atoms with van der Waals surface area (Å²) in [7, 11) is -3.76. The Balaban J connectivity index is 2.07. The van der Waals surface area contributed by atoms with Gasteiger partial charge in [0.1, 0.15) is 28.3 Å². The van der Waals surface area contributed by atoms with Crippen LogP contribution in [0, 0.1) is 12.7 Å². The summed E-state index contributed by atoms with van der Waals surface area (Å²) in [4.78, 5) is 12.0. The molecule has 1 aliphatic rings. The van der Waals surface area contributed by atoms with Gasteiger partial charge in [0, 0.05) is 6.26 Å². The Labute approximate surface area is 169 Å². The molecule has 3 rings (SSSR count). The van der Waals surface area contributed by atoms with Crippen molar-refractivity contribution in [3.8, 4) is 11.5 Å². The standard InChI is InChI=1S/C20H16F4O5S/c1-11-7-12(16-9-15(29-19(16)25)10-20(22,23)24)8-17(18(11)30(2,26)27)28-14-5-3-13(21)4-6-14/h3-9,15H,10H2,1-2H3/t15-/m0/s1. The van der Waals surface area contributed by atoms with E-state index in [9.17, 15) is 30.8 Å². The van der Waals surface area contributed by atoms with Crippen molar-refractivity contribution >= 4 is 21.4 Å². The van der Waals surface area contributed by atoms with Gasteiger partial charge in [0.05, 0.1) is 12.0 Å². The van der Waals surface area contributed by atoms with Gasteiger partial charge in [-0.1, -0.05) is 0 Å². The largest absolute Gasteiger partial charge is 0.456 e. The van der Waals surface area contributed by atoms with E-state index in [1.54, 1.807) is 0 Å². The molecule has 0 amide bonds. The molecule has 0 saturated heterocycles. The number of hydrogen-bond donors (Lipinski definition) is 0. The van der Waals surface area contributed by atoms with Crippen LogP contribution in [-0.2, 0) is 19.4 Å². The number of esters is 1. The molecule has 10 heteroatoms. The summed E-state index contributed by atoms with van der Waals surface area (Å²) in [6, 6.07) is 7.39. The molecule has 2 aromatic carbocycles. The fourth-order valence-corrected chi connectivity index (χ4v) is 4.22. The number of carbonyl (C=O) groups is 1. The molecule has 0 unspecified atom stereocenters. The Morgan fingerprint density at radius 1 is 1.13 bits per heavy atom. The maximum atomic E-state index is 13.1. The maximum absolute atomic E-state index is 13.1. The lowest BCUT2D eigenvalue weighted by Gasteiger charge is -2.15. The number of hydrogen-bond acceptors (Lipinski definition) is 5. The van der Waals surface area contributed by atoms with Gasteiger partial charge in [-0.25, -0.2) is 17.6 Å². The Morgan fingerprint density at radius 2 is 1.77 bits per heavy atom. The Bertz CT molecular complexity index is 1120. The van der Waals surface area contributed by atoms with E-state index in [0.717, 1.165) is 24.5 Å². The first-order chi connectivity index (χ1) is 13.8. The minimum Gasteiger partial charge on any atom is -0.456 e. The van der Waals surface area contributed by atoms with Crippen LogP contribution in [0.3, 0.4) is 0 Å². The highest BCUT2D eigenvalue weighted by atomic mass is 32.2. The van der Waals surface area contributed by atoms with Gasteiger partial charge in [0.25, 0.3) is 0 Å². The second kappa shape index (κ2) is 7.75. The normalized spacial score (nSPS) is 16.9. The van der Waals surface area contributed by atoms with Crippen LogP contribution in [0.5, 0.6) is 11.5 Å². The highest BCUT2D eigenvalue weighted by molar-refractivity contribution is 7.90. The number of ether oxygens (including phenoxy) is 2. The molecule has 160 valence electrons. The second-order valence-electron chi connectivity index (χ2n) is 6.79. The molecule has 1 atom stereocenters. The lowest BCUT2D eigenvalue weighted by atomic mass is 10.0. The summed E-state index contributed by atoms with van der Waals surface area (Å²) in [5.74, 6) is -1.49. The monoisotopic (exact) mass is 444 g/mol. The van der Waals surface area contributed by atoms with E-state index in [1.807, 2.05) is 0 Å². The third-order valence-electron chi connectivity index (χ3n) is 4.23. The molecule has 2 aromatic rings.